The second kappa shape index (κ2) is 11.8. The molecule has 2 aromatic carbocycles. The van der Waals surface area contributed by atoms with Crippen molar-refractivity contribution in [3.8, 4) is 0 Å². The molecule has 0 unspecified atom stereocenters. The average Bonchev–Trinajstić information content (AvgIpc) is 2.80. The second-order valence-corrected chi connectivity index (χ2v) is 8.09. The number of carbonyl (C=O) groups excluding carboxylic acids is 2. The van der Waals surface area contributed by atoms with Gasteiger partial charge >= 0.3 is 6.03 Å². The van der Waals surface area contributed by atoms with Crippen LogP contribution in [-0.4, -0.2) is 35.4 Å². The van der Waals surface area contributed by atoms with Gasteiger partial charge in [-0.25, -0.2) is 4.79 Å². The summed E-state index contributed by atoms with van der Waals surface area (Å²) in [6, 6.07) is 21.3. The summed E-state index contributed by atoms with van der Waals surface area (Å²) in [7, 11) is 1.73. The van der Waals surface area contributed by atoms with E-state index in [0.29, 0.717) is 6.54 Å². The van der Waals surface area contributed by atoms with Gasteiger partial charge in [0.15, 0.2) is 0 Å². The molecule has 1 aromatic heterocycles. The molecule has 0 aliphatic heterocycles. The third-order valence-electron chi connectivity index (χ3n) is 4.50. The quantitative estimate of drug-likeness (QED) is 0.485. The summed E-state index contributed by atoms with van der Waals surface area (Å²) in [6.45, 7) is 0.798. The number of pyridine rings is 1. The summed E-state index contributed by atoms with van der Waals surface area (Å²) >= 11 is 1.72. The molecule has 7 heteroatoms. The standard InChI is InChI=1S/C24H26N4O2S/c1-28(17-19-6-3-2-4-7-19)24(30)26-15-13-23(29)27-21-9-11-22(12-10-21)31-18-20-8-5-14-25-16-20/h2-12,14,16H,13,15,17-18H2,1H3,(H,26,30)(H,27,29). The Morgan fingerprint density at radius 3 is 2.42 bits per heavy atom. The first-order valence-electron chi connectivity index (χ1n) is 10.0. The number of hydrogen-bond acceptors (Lipinski definition) is 4. The van der Waals surface area contributed by atoms with Crippen LogP contribution < -0.4 is 10.6 Å². The maximum absolute atomic E-state index is 12.2. The molecule has 3 aromatic rings. The predicted octanol–water partition coefficient (Wildman–Crippen LogP) is 4.54. The van der Waals surface area contributed by atoms with E-state index >= 15 is 0 Å². The van der Waals surface area contributed by atoms with E-state index in [0.717, 1.165) is 21.9 Å². The Bertz CT molecular complexity index is 966. The molecule has 1 heterocycles. The van der Waals surface area contributed by atoms with Crippen molar-refractivity contribution in [3.63, 3.8) is 0 Å². The van der Waals surface area contributed by atoms with E-state index in [1.54, 1.807) is 29.9 Å². The third kappa shape index (κ3) is 7.79. The fraction of sp³-hybridized carbons (Fsp3) is 0.208. The van der Waals surface area contributed by atoms with Crippen molar-refractivity contribution in [1.29, 1.82) is 0 Å². The lowest BCUT2D eigenvalue weighted by Crippen LogP contribution is -2.38. The van der Waals surface area contributed by atoms with Crippen molar-refractivity contribution >= 4 is 29.4 Å². The largest absolute Gasteiger partial charge is 0.337 e. The van der Waals surface area contributed by atoms with Crippen molar-refractivity contribution in [3.05, 3.63) is 90.3 Å². The van der Waals surface area contributed by atoms with Crippen LogP contribution in [0.4, 0.5) is 10.5 Å². The number of amides is 3. The van der Waals surface area contributed by atoms with Gasteiger partial charge in [-0.15, -0.1) is 11.8 Å². The van der Waals surface area contributed by atoms with Gasteiger partial charge in [0.1, 0.15) is 0 Å². The molecule has 3 amide bonds. The highest BCUT2D eigenvalue weighted by Crippen LogP contribution is 2.23. The highest BCUT2D eigenvalue weighted by molar-refractivity contribution is 7.98. The van der Waals surface area contributed by atoms with E-state index in [2.05, 4.69) is 15.6 Å². The Morgan fingerprint density at radius 2 is 1.71 bits per heavy atom. The molecule has 0 fully saturated rings. The summed E-state index contributed by atoms with van der Waals surface area (Å²) < 4.78 is 0. The fourth-order valence-electron chi connectivity index (χ4n) is 2.86. The molecule has 0 aliphatic rings. The minimum atomic E-state index is -0.202. The Balaban J connectivity index is 1.36. The first kappa shape index (κ1) is 22.4. The average molecular weight is 435 g/mol. The van der Waals surface area contributed by atoms with Crippen LogP contribution in [0.2, 0.25) is 0 Å². The molecule has 0 bridgehead atoms. The molecule has 160 valence electrons. The van der Waals surface area contributed by atoms with Gasteiger partial charge in [-0.1, -0.05) is 36.4 Å². The molecule has 3 rings (SSSR count). The van der Waals surface area contributed by atoms with E-state index in [4.69, 9.17) is 0 Å². The van der Waals surface area contributed by atoms with Crippen LogP contribution in [0.5, 0.6) is 0 Å². The summed E-state index contributed by atoms with van der Waals surface area (Å²) in [5.74, 6) is 0.708. The van der Waals surface area contributed by atoms with E-state index in [-0.39, 0.29) is 24.9 Å². The van der Waals surface area contributed by atoms with Gasteiger partial charge < -0.3 is 15.5 Å². The van der Waals surface area contributed by atoms with Gasteiger partial charge in [-0.3, -0.25) is 9.78 Å². The number of carbonyl (C=O) groups is 2. The molecule has 2 N–H and O–H groups in total. The Hall–Kier alpha value is -3.32. The van der Waals surface area contributed by atoms with Gasteiger partial charge in [-0.2, -0.15) is 0 Å². The van der Waals surface area contributed by atoms with E-state index in [9.17, 15) is 9.59 Å². The zero-order valence-corrected chi connectivity index (χ0v) is 18.3. The zero-order valence-electron chi connectivity index (χ0n) is 17.5. The van der Waals surface area contributed by atoms with Crippen molar-refractivity contribution in [2.24, 2.45) is 0 Å². The summed E-state index contributed by atoms with van der Waals surface area (Å²) in [5.41, 5.74) is 2.96. The molecule has 31 heavy (non-hydrogen) atoms. The molecule has 0 saturated carbocycles. The van der Waals surface area contributed by atoms with Gasteiger partial charge in [-0.05, 0) is 41.5 Å². The summed E-state index contributed by atoms with van der Waals surface area (Å²) in [5, 5.41) is 5.64. The number of urea groups is 1. The molecule has 6 nitrogen and oxygen atoms in total. The number of thioether (sulfide) groups is 1. The Labute approximate surface area is 187 Å². The minimum absolute atomic E-state index is 0.137. The molecule has 0 atom stereocenters. The van der Waals surface area contributed by atoms with E-state index in [1.165, 1.54) is 5.56 Å². The van der Waals surface area contributed by atoms with Crippen LogP contribution in [0, 0.1) is 0 Å². The zero-order chi connectivity index (χ0) is 21.9. The maximum atomic E-state index is 12.2. The lowest BCUT2D eigenvalue weighted by Gasteiger charge is -2.18. The molecular formula is C24H26N4O2S. The highest BCUT2D eigenvalue weighted by atomic mass is 32.2. The maximum Gasteiger partial charge on any atom is 0.317 e. The Kier molecular flexibility index (Phi) is 8.48. The molecule has 0 radical (unpaired) electrons. The molecule has 0 spiro atoms. The van der Waals surface area contributed by atoms with Crippen LogP contribution in [0.25, 0.3) is 0 Å². The SMILES string of the molecule is CN(Cc1ccccc1)C(=O)NCCC(=O)Nc1ccc(SCc2cccnc2)cc1. The number of nitrogens with zero attached hydrogens (tertiary/aromatic N) is 2. The van der Waals surface area contributed by atoms with Crippen LogP contribution >= 0.6 is 11.8 Å². The molecular weight excluding hydrogens is 408 g/mol. The number of nitrogens with one attached hydrogen (secondary N) is 2. The minimum Gasteiger partial charge on any atom is -0.337 e. The van der Waals surface area contributed by atoms with E-state index in [1.807, 2.05) is 72.9 Å². The lowest BCUT2D eigenvalue weighted by atomic mass is 10.2. The van der Waals surface area contributed by atoms with Crippen LogP contribution in [0.1, 0.15) is 17.5 Å². The van der Waals surface area contributed by atoms with Gasteiger partial charge in [0.2, 0.25) is 5.91 Å². The van der Waals surface area contributed by atoms with Crippen molar-refractivity contribution in [2.45, 2.75) is 23.6 Å². The highest BCUT2D eigenvalue weighted by Gasteiger charge is 2.09. The first-order chi connectivity index (χ1) is 15.1. The normalized spacial score (nSPS) is 10.4. The second-order valence-electron chi connectivity index (χ2n) is 7.05. The third-order valence-corrected chi connectivity index (χ3v) is 5.59. The van der Waals surface area contributed by atoms with Gasteiger partial charge in [0, 0.05) is 55.3 Å². The summed E-state index contributed by atoms with van der Waals surface area (Å²) in [6.07, 6.45) is 3.84. The molecule has 0 saturated heterocycles. The van der Waals surface area contributed by atoms with Crippen molar-refractivity contribution in [2.75, 3.05) is 18.9 Å². The fourth-order valence-corrected chi connectivity index (χ4v) is 3.69. The van der Waals surface area contributed by atoms with Crippen molar-refractivity contribution < 1.29 is 9.59 Å². The smallest absolute Gasteiger partial charge is 0.317 e. The van der Waals surface area contributed by atoms with Gasteiger partial charge in [0.25, 0.3) is 0 Å². The number of rotatable bonds is 9. The number of aromatic nitrogens is 1. The van der Waals surface area contributed by atoms with Gasteiger partial charge in [0.05, 0.1) is 0 Å². The number of hydrogen-bond donors (Lipinski definition) is 2. The molecule has 0 aliphatic carbocycles. The van der Waals surface area contributed by atoms with E-state index < -0.39 is 0 Å². The monoisotopic (exact) mass is 434 g/mol. The lowest BCUT2D eigenvalue weighted by molar-refractivity contribution is -0.116. The first-order valence-corrected chi connectivity index (χ1v) is 11.0. The number of anilines is 1. The predicted molar refractivity (Wildman–Crippen MR) is 125 cm³/mol. The van der Waals surface area contributed by atoms with Crippen LogP contribution in [-0.2, 0) is 17.1 Å². The number of benzene rings is 2. The van der Waals surface area contributed by atoms with Crippen LogP contribution in [0.3, 0.4) is 0 Å². The van der Waals surface area contributed by atoms with Crippen molar-refractivity contribution in [1.82, 2.24) is 15.2 Å². The topological polar surface area (TPSA) is 74.3 Å². The summed E-state index contributed by atoms with van der Waals surface area (Å²) in [4.78, 5) is 31.2. The Morgan fingerprint density at radius 1 is 0.968 bits per heavy atom. The van der Waals surface area contributed by atoms with Crippen LogP contribution in [0.15, 0.2) is 84.0 Å².